The van der Waals surface area contributed by atoms with E-state index in [-0.39, 0.29) is 5.91 Å². The Balaban J connectivity index is 1.83. The van der Waals surface area contributed by atoms with Gasteiger partial charge in [0.25, 0.3) is 0 Å². The molecular formula is C18H21N3O. The third-order valence-corrected chi connectivity index (χ3v) is 4.00. The van der Waals surface area contributed by atoms with Gasteiger partial charge in [-0.2, -0.15) is 0 Å². The van der Waals surface area contributed by atoms with Crippen LogP contribution in [0, 0.1) is 0 Å². The molecule has 4 nitrogen and oxygen atoms in total. The van der Waals surface area contributed by atoms with Gasteiger partial charge in [-0.25, -0.2) is 0 Å². The highest BCUT2D eigenvalue weighted by Crippen LogP contribution is 2.32. The second-order valence-electron chi connectivity index (χ2n) is 5.75. The van der Waals surface area contributed by atoms with Crippen molar-refractivity contribution in [3.05, 3.63) is 53.6 Å². The molecule has 1 amide bonds. The highest BCUT2D eigenvalue weighted by Gasteiger charge is 2.18. The number of carbonyl (C=O) groups excluding carboxylic acids is 1. The van der Waals surface area contributed by atoms with Crippen LogP contribution in [0.2, 0.25) is 0 Å². The number of hydrogen-bond acceptors (Lipinski definition) is 3. The molecule has 3 rings (SSSR count). The van der Waals surface area contributed by atoms with E-state index in [9.17, 15) is 4.79 Å². The topological polar surface area (TPSA) is 58.4 Å². The zero-order chi connectivity index (χ0) is 15.5. The minimum absolute atomic E-state index is 0.0479. The van der Waals surface area contributed by atoms with Crippen molar-refractivity contribution in [2.24, 2.45) is 0 Å². The van der Waals surface area contributed by atoms with E-state index in [1.807, 2.05) is 30.3 Å². The lowest BCUT2D eigenvalue weighted by atomic mass is 9.99. The lowest BCUT2D eigenvalue weighted by Gasteiger charge is -2.32. The van der Waals surface area contributed by atoms with Crippen LogP contribution in [0.5, 0.6) is 0 Å². The van der Waals surface area contributed by atoms with Crippen molar-refractivity contribution in [3.63, 3.8) is 0 Å². The number of nitrogens with two attached hydrogens (primary N) is 1. The van der Waals surface area contributed by atoms with Gasteiger partial charge in [0.2, 0.25) is 5.91 Å². The molecule has 4 heteroatoms. The van der Waals surface area contributed by atoms with Gasteiger partial charge in [0.1, 0.15) is 0 Å². The highest BCUT2D eigenvalue weighted by molar-refractivity contribution is 5.88. The van der Waals surface area contributed by atoms with Gasteiger partial charge >= 0.3 is 0 Å². The number of nitrogens with zero attached hydrogens (tertiary/aromatic N) is 1. The van der Waals surface area contributed by atoms with Crippen LogP contribution in [0.4, 0.5) is 17.1 Å². The molecule has 1 aliphatic rings. The molecule has 0 atom stereocenters. The third kappa shape index (κ3) is 3.06. The quantitative estimate of drug-likeness (QED) is 0.855. The van der Waals surface area contributed by atoms with Crippen molar-refractivity contribution < 1.29 is 4.79 Å². The van der Waals surface area contributed by atoms with Crippen molar-refractivity contribution in [3.8, 4) is 0 Å². The molecule has 1 heterocycles. The number of nitrogen functional groups attached to an aromatic ring is 1. The van der Waals surface area contributed by atoms with E-state index < -0.39 is 0 Å². The molecule has 0 aromatic heterocycles. The van der Waals surface area contributed by atoms with Crippen LogP contribution in [0.1, 0.15) is 24.5 Å². The van der Waals surface area contributed by atoms with E-state index in [0.717, 1.165) is 37.3 Å². The molecule has 114 valence electrons. The maximum Gasteiger partial charge on any atom is 0.221 e. The molecule has 2 aromatic carbocycles. The number of fused-ring (bicyclic) bond motifs is 1. The predicted octanol–water partition coefficient (Wildman–Crippen LogP) is 3.18. The molecule has 1 aliphatic heterocycles. The zero-order valence-corrected chi connectivity index (χ0v) is 12.8. The fourth-order valence-electron chi connectivity index (χ4n) is 3.06. The van der Waals surface area contributed by atoms with Crippen molar-refractivity contribution in [1.29, 1.82) is 0 Å². The van der Waals surface area contributed by atoms with Crippen LogP contribution >= 0.6 is 0 Å². The molecule has 0 unspecified atom stereocenters. The summed E-state index contributed by atoms with van der Waals surface area (Å²) >= 11 is 0. The van der Waals surface area contributed by atoms with Crippen molar-refractivity contribution >= 4 is 23.0 Å². The Kier molecular flexibility index (Phi) is 4.00. The summed E-state index contributed by atoms with van der Waals surface area (Å²) in [4.78, 5) is 13.5. The van der Waals surface area contributed by atoms with E-state index in [4.69, 9.17) is 5.73 Å². The number of amides is 1. The molecule has 0 fully saturated rings. The van der Waals surface area contributed by atoms with E-state index in [1.54, 1.807) is 0 Å². The average Bonchev–Trinajstić information content (AvgIpc) is 2.48. The number of benzene rings is 2. The molecular weight excluding hydrogens is 274 g/mol. The zero-order valence-electron chi connectivity index (χ0n) is 12.8. The van der Waals surface area contributed by atoms with E-state index in [1.165, 1.54) is 23.7 Å². The Morgan fingerprint density at radius 3 is 2.91 bits per heavy atom. The smallest absolute Gasteiger partial charge is 0.221 e. The van der Waals surface area contributed by atoms with Crippen molar-refractivity contribution in [2.45, 2.75) is 26.3 Å². The normalized spacial score (nSPS) is 13.6. The summed E-state index contributed by atoms with van der Waals surface area (Å²) in [5.41, 5.74) is 11.5. The first-order valence-electron chi connectivity index (χ1n) is 7.62. The maximum absolute atomic E-state index is 11.2. The van der Waals surface area contributed by atoms with Crippen LogP contribution in [0.3, 0.4) is 0 Å². The number of carbonyl (C=O) groups is 1. The third-order valence-electron chi connectivity index (χ3n) is 4.00. The van der Waals surface area contributed by atoms with Crippen molar-refractivity contribution in [1.82, 2.24) is 0 Å². The Labute approximate surface area is 130 Å². The molecule has 0 spiro atoms. The van der Waals surface area contributed by atoms with Crippen LogP contribution in [0.25, 0.3) is 0 Å². The first-order valence-corrected chi connectivity index (χ1v) is 7.62. The fraction of sp³-hybridized carbons (Fsp3) is 0.278. The van der Waals surface area contributed by atoms with Gasteiger partial charge in [0.05, 0.1) is 0 Å². The SMILES string of the molecule is CC(=O)Nc1cccc(CN2CCCc3c(N)cccc32)c1. The monoisotopic (exact) mass is 295 g/mol. The molecule has 0 aliphatic carbocycles. The molecule has 3 N–H and O–H groups in total. The van der Waals surface area contributed by atoms with E-state index >= 15 is 0 Å². The molecule has 0 bridgehead atoms. The summed E-state index contributed by atoms with van der Waals surface area (Å²) in [6, 6.07) is 14.1. The molecule has 22 heavy (non-hydrogen) atoms. The second kappa shape index (κ2) is 6.10. The minimum atomic E-state index is -0.0479. The Morgan fingerprint density at radius 2 is 2.09 bits per heavy atom. The van der Waals surface area contributed by atoms with Gasteiger partial charge in [-0.15, -0.1) is 0 Å². The standard InChI is InChI=1S/C18H21N3O/c1-13(22)20-15-6-2-5-14(11-15)12-21-10-4-7-16-17(19)8-3-9-18(16)21/h2-3,5-6,8-9,11H,4,7,10,12,19H2,1H3,(H,20,22). The number of anilines is 3. The molecule has 0 saturated carbocycles. The lowest BCUT2D eigenvalue weighted by molar-refractivity contribution is -0.114. The minimum Gasteiger partial charge on any atom is -0.398 e. The van der Waals surface area contributed by atoms with Crippen molar-refractivity contribution in [2.75, 3.05) is 22.5 Å². The molecule has 0 radical (unpaired) electrons. The summed E-state index contributed by atoms with van der Waals surface area (Å²) in [6.07, 6.45) is 2.16. The van der Waals surface area contributed by atoms with Crippen LogP contribution in [-0.4, -0.2) is 12.5 Å². The molecule has 2 aromatic rings. The number of nitrogens with one attached hydrogen (secondary N) is 1. The van der Waals surface area contributed by atoms with Crippen LogP contribution in [0.15, 0.2) is 42.5 Å². The molecule has 0 saturated heterocycles. The first-order chi connectivity index (χ1) is 10.6. The summed E-state index contributed by atoms with van der Waals surface area (Å²) in [5.74, 6) is -0.0479. The van der Waals surface area contributed by atoms with Gasteiger partial charge < -0.3 is 16.0 Å². The average molecular weight is 295 g/mol. The fourth-order valence-corrected chi connectivity index (χ4v) is 3.06. The lowest BCUT2D eigenvalue weighted by Crippen LogP contribution is -2.29. The maximum atomic E-state index is 11.2. The first kappa shape index (κ1) is 14.4. The predicted molar refractivity (Wildman–Crippen MR) is 91.0 cm³/mol. The van der Waals surface area contributed by atoms with Gasteiger partial charge in [0, 0.05) is 37.1 Å². The number of hydrogen-bond donors (Lipinski definition) is 2. The van der Waals surface area contributed by atoms with E-state index in [2.05, 4.69) is 22.3 Å². The van der Waals surface area contributed by atoms with Gasteiger partial charge in [-0.1, -0.05) is 18.2 Å². The van der Waals surface area contributed by atoms with Gasteiger partial charge in [-0.3, -0.25) is 4.79 Å². The second-order valence-corrected chi connectivity index (χ2v) is 5.75. The van der Waals surface area contributed by atoms with Crippen LogP contribution in [-0.2, 0) is 17.8 Å². The van der Waals surface area contributed by atoms with Crippen LogP contribution < -0.4 is 16.0 Å². The summed E-state index contributed by atoms with van der Waals surface area (Å²) in [7, 11) is 0. The number of rotatable bonds is 3. The van der Waals surface area contributed by atoms with Gasteiger partial charge in [0.15, 0.2) is 0 Å². The van der Waals surface area contributed by atoms with E-state index in [0.29, 0.717) is 0 Å². The largest absolute Gasteiger partial charge is 0.398 e. The summed E-state index contributed by atoms with van der Waals surface area (Å²) in [5, 5.41) is 2.83. The summed E-state index contributed by atoms with van der Waals surface area (Å²) < 4.78 is 0. The Morgan fingerprint density at radius 1 is 1.27 bits per heavy atom. The Bertz CT molecular complexity index is 696. The Hall–Kier alpha value is -2.49. The van der Waals surface area contributed by atoms with Gasteiger partial charge in [-0.05, 0) is 48.2 Å². The summed E-state index contributed by atoms with van der Waals surface area (Å²) in [6.45, 7) is 3.38. The highest BCUT2D eigenvalue weighted by atomic mass is 16.1.